The number of ether oxygens (including phenoxy) is 2. The van der Waals surface area contributed by atoms with Crippen molar-refractivity contribution in [2.24, 2.45) is 0 Å². The number of hydrogen-bond donors (Lipinski definition) is 1. The molecule has 0 bridgehead atoms. The number of nitro benzene ring substituents is 1. The third kappa shape index (κ3) is 2.89. The minimum absolute atomic E-state index is 0.0109. The van der Waals surface area contributed by atoms with Crippen molar-refractivity contribution in [2.45, 2.75) is 0 Å². The van der Waals surface area contributed by atoms with Gasteiger partial charge in [-0.15, -0.1) is 0 Å². The first kappa shape index (κ1) is 17.8. The lowest BCUT2D eigenvalue weighted by Gasteiger charge is -2.15. The van der Waals surface area contributed by atoms with Crippen molar-refractivity contribution in [1.82, 2.24) is 4.57 Å². The second-order valence-electron chi connectivity index (χ2n) is 5.57. The molecule has 27 heavy (non-hydrogen) atoms. The van der Waals surface area contributed by atoms with Gasteiger partial charge in [0.25, 0.3) is 11.2 Å². The van der Waals surface area contributed by atoms with Crippen LogP contribution in [-0.4, -0.2) is 23.7 Å². The molecule has 2 aromatic carbocycles. The summed E-state index contributed by atoms with van der Waals surface area (Å²) in [6.45, 7) is 0. The summed E-state index contributed by atoms with van der Waals surface area (Å²) in [5, 5.41) is 20.9. The Balaban J connectivity index is 2.45. The van der Waals surface area contributed by atoms with Crippen LogP contribution in [0.5, 0.6) is 11.5 Å². The van der Waals surface area contributed by atoms with Gasteiger partial charge >= 0.3 is 0 Å². The minimum atomic E-state index is -0.611. The van der Waals surface area contributed by atoms with Crippen LogP contribution in [0.4, 0.5) is 11.5 Å². The number of nitro groups is 1. The molecular weight excluding hydrogens is 352 g/mol. The van der Waals surface area contributed by atoms with Gasteiger partial charge in [0.15, 0.2) is 0 Å². The number of nitrogen functional groups attached to an aromatic ring is 1. The second-order valence-corrected chi connectivity index (χ2v) is 5.57. The van der Waals surface area contributed by atoms with Crippen LogP contribution >= 0.6 is 0 Å². The summed E-state index contributed by atoms with van der Waals surface area (Å²) < 4.78 is 11.5. The smallest absolute Gasteiger partial charge is 0.270 e. The lowest BCUT2D eigenvalue weighted by atomic mass is 10.1. The first-order chi connectivity index (χ1) is 12.9. The molecule has 0 aliphatic heterocycles. The molecule has 0 aliphatic rings. The first-order valence-electron chi connectivity index (χ1n) is 7.67. The van der Waals surface area contributed by atoms with Crippen molar-refractivity contribution in [3.05, 3.63) is 62.4 Å². The summed E-state index contributed by atoms with van der Waals surface area (Å²) in [6.07, 6.45) is 0. The van der Waals surface area contributed by atoms with Gasteiger partial charge < -0.3 is 15.2 Å². The van der Waals surface area contributed by atoms with Gasteiger partial charge in [0.05, 0.1) is 30.2 Å². The van der Waals surface area contributed by atoms with Crippen LogP contribution < -0.4 is 20.8 Å². The Bertz CT molecular complexity index is 1150. The minimum Gasteiger partial charge on any atom is -0.497 e. The monoisotopic (exact) mass is 366 g/mol. The Morgan fingerprint density at radius 3 is 2.26 bits per heavy atom. The van der Waals surface area contributed by atoms with Crippen LogP contribution in [0.1, 0.15) is 5.56 Å². The number of nitrogens with two attached hydrogens (primary N) is 1. The molecule has 0 aliphatic carbocycles. The molecule has 0 unspecified atom stereocenters. The highest BCUT2D eigenvalue weighted by molar-refractivity contribution is 5.92. The van der Waals surface area contributed by atoms with Crippen LogP contribution in [0.2, 0.25) is 0 Å². The van der Waals surface area contributed by atoms with Crippen molar-refractivity contribution in [2.75, 3.05) is 20.0 Å². The number of methoxy groups -OCH3 is 2. The number of fused-ring (bicyclic) bond motifs is 1. The number of non-ortho nitro benzene ring substituents is 1. The molecule has 9 nitrogen and oxygen atoms in total. The summed E-state index contributed by atoms with van der Waals surface area (Å²) in [6, 6.07) is 10.4. The first-order valence-corrected chi connectivity index (χ1v) is 7.67. The molecule has 1 heterocycles. The number of anilines is 1. The number of benzene rings is 2. The number of nitrogens with zero attached hydrogens (tertiary/aromatic N) is 3. The Labute approximate surface area is 152 Å². The molecule has 0 saturated carbocycles. The van der Waals surface area contributed by atoms with E-state index < -0.39 is 10.5 Å². The Morgan fingerprint density at radius 2 is 1.74 bits per heavy atom. The van der Waals surface area contributed by atoms with Crippen molar-refractivity contribution in [3.63, 3.8) is 0 Å². The molecule has 0 amide bonds. The maximum atomic E-state index is 13.1. The maximum absolute atomic E-state index is 13.1. The number of rotatable bonds is 4. The van der Waals surface area contributed by atoms with Crippen molar-refractivity contribution >= 4 is 22.3 Å². The standard InChI is InChI=1S/C18H14N4O5/c1-26-12-5-11(6-13(8-12)27-2)21-17(20)16(9-19)14-4-3-10(22(24)25)7-15(14)18(21)23/h3-8H,20H2,1-2H3. The maximum Gasteiger partial charge on any atom is 0.270 e. The molecule has 136 valence electrons. The average molecular weight is 366 g/mol. The highest BCUT2D eigenvalue weighted by atomic mass is 16.6. The van der Waals surface area contributed by atoms with Crippen LogP contribution in [-0.2, 0) is 0 Å². The number of pyridine rings is 1. The number of aromatic nitrogens is 1. The predicted octanol–water partition coefficient (Wildman–Crippen LogP) is 2.37. The van der Waals surface area contributed by atoms with E-state index in [1.807, 2.05) is 6.07 Å². The molecule has 9 heteroatoms. The molecule has 0 spiro atoms. The third-order valence-electron chi connectivity index (χ3n) is 4.12. The topological polar surface area (TPSA) is 133 Å². The van der Waals surface area contributed by atoms with Crippen molar-refractivity contribution in [3.8, 4) is 23.3 Å². The van der Waals surface area contributed by atoms with E-state index in [-0.39, 0.29) is 27.8 Å². The Kier molecular flexibility index (Phi) is 4.39. The fourth-order valence-electron chi connectivity index (χ4n) is 2.82. The van der Waals surface area contributed by atoms with Crippen LogP contribution in [0.3, 0.4) is 0 Å². The zero-order valence-electron chi connectivity index (χ0n) is 14.4. The molecular formula is C18H14N4O5. The Morgan fingerprint density at radius 1 is 1.11 bits per heavy atom. The predicted molar refractivity (Wildman–Crippen MR) is 98.4 cm³/mol. The molecule has 3 rings (SSSR count). The quantitative estimate of drug-likeness (QED) is 0.553. The van der Waals surface area contributed by atoms with Gasteiger partial charge in [0.1, 0.15) is 28.9 Å². The molecule has 0 atom stereocenters. The zero-order chi connectivity index (χ0) is 19.7. The van der Waals surface area contributed by atoms with E-state index in [0.29, 0.717) is 17.2 Å². The average Bonchev–Trinajstić information content (AvgIpc) is 2.67. The summed E-state index contributed by atoms with van der Waals surface area (Å²) in [4.78, 5) is 23.5. The van der Waals surface area contributed by atoms with E-state index in [9.17, 15) is 20.2 Å². The largest absolute Gasteiger partial charge is 0.497 e. The summed E-state index contributed by atoms with van der Waals surface area (Å²) in [5.41, 5.74) is 5.59. The van der Waals surface area contributed by atoms with E-state index in [1.54, 1.807) is 18.2 Å². The Hall–Kier alpha value is -4.06. The van der Waals surface area contributed by atoms with Crippen LogP contribution in [0, 0.1) is 21.4 Å². The lowest BCUT2D eigenvalue weighted by Crippen LogP contribution is -2.23. The van der Waals surface area contributed by atoms with E-state index in [2.05, 4.69) is 0 Å². The molecule has 0 fully saturated rings. The zero-order valence-corrected chi connectivity index (χ0v) is 14.4. The summed E-state index contributed by atoms with van der Waals surface area (Å²) >= 11 is 0. The normalized spacial score (nSPS) is 10.4. The van der Waals surface area contributed by atoms with Crippen LogP contribution in [0.25, 0.3) is 16.5 Å². The fraction of sp³-hybridized carbons (Fsp3) is 0.111. The van der Waals surface area contributed by atoms with Gasteiger partial charge in [-0.2, -0.15) is 5.26 Å². The SMILES string of the molecule is COc1cc(OC)cc(-n2c(N)c(C#N)c3ccc([N+](=O)[O-])cc3c2=O)c1. The number of nitriles is 1. The van der Waals surface area contributed by atoms with E-state index in [0.717, 1.165) is 10.6 Å². The second kappa shape index (κ2) is 6.68. The van der Waals surface area contributed by atoms with Gasteiger partial charge in [0.2, 0.25) is 0 Å². The van der Waals surface area contributed by atoms with E-state index in [1.165, 1.54) is 26.4 Å². The molecule has 0 radical (unpaired) electrons. The van der Waals surface area contributed by atoms with Gasteiger partial charge in [-0.05, 0) is 6.07 Å². The van der Waals surface area contributed by atoms with Crippen molar-refractivity contribution < 1.29 is 14.4 Å². The summed E-state index contributed by atoms with van der Waals surface area (Å²) in [7, 11) is 2.91. The van der Waals surface area contributed by atoms with E-state index >= 15 is 0 Å². The summed E-state index contributed by atoms with van der Waals surface area (Å²) in [5.74, 6) is 0.737. The highest BCUT2D eigenvalue weighted by Crippen LogP contribution is 2.29. The van der Waals surface area contributed by atoms with Crippen LogP contribution in [0.15, 0.2) is 41.2 Å². The van der Waals surface area contributed by atoms with E-state index in [4.69, 9.17) is 15.2 Å². The molecule has 1 aromatic heterocycles. The van der Waals surface area contributed by atoms with Gasteiger partial charge in [-0.3, -0.25) is 19.5 Å². The van der Waals surface area contributed by atoms with Crippen molar-refractivity contribution in [1.29, 1.82) is 5.26 Å². The number of hydrogen-bond acceptors (Lipinski definition) is 7. The van der Waals surface area contributed by atoms with Gasteiger partial charge in [-0.25, -0.2) is 0 Å². The molecule has 3 aromatic rings. The van der Waals surface area contributed by atoms with Gasteiger partial charge in [-0.1, -0.05) is 0 Å². The highest BCUT2D eigenvalue weighted by Gasteiger charge is 2.19. The fourth-order valence-corrected chi connectivity index (χ4v) is 2.82. The third-order valence-corrected chi connectivity index (χ3v) is 4.12. The lowest BCUT2D eigenvalue weighted by molar-refractivity contribution is -0.384. The molecule has 2 N–H and O–H groups in total. The van der Waals surface area contributed by atoms with Gasteiger partial charge in [0, 0.05) is 35.7 Å². The molecule has 0 saturated heterocycles.